The predicted octanol–water partition coefficient (Wildman–Crippen LogP) is 6.62. The largest absolute Gasteiger partial charge is 0.462 e. The van der Waals surface area contributed by atoms with Crippen LogP contribution in [0.3, 0.4) is 0 Å². The van der Waals surface area contributed by atoms with Crippen molar-refractivity contribution in [3.8, 4) is 5.69 Å². The van der Waals surface area contributed by atoms with Crippen molar-refractivity contribution in [2.45, 2.75) is 30.6 Å². The molecule has 0 aliphatic heterocycles. The fraction of sp³-hybridized carbons (Fsp3) is 0.167. The van der Waals surface area contributed by atoms with Crippen molar-refractivity contribution >= 4 is 40.2 Å². The number of fused-ring (bicyclic) bond motifs is 1. The zero-order valence-electron chi connectivity index (χ0n) is 17.0. The van der Waals surface area contributed by atoms with Crippen LogP contribution in [0, 0.1) is 13.8 Å². The smallest absolute Gasteiger partial charge is 0.338 e. The maximum absolute atomic E-state index is 12.2. The maximum Gasteiger partial charge on any atom is 0.338 e. The van der Waals surface area contributed by atoms with E-state index in [0.29, 0.717) is 17.2 Å². The summed E-state index contributed by atoms with van der Waals surface area (Å²) in [5.74, 6) is -0.305. The zero-order chi connectivity index (χ0) is 21.3. The van der Waals surface area contributed by atoms with E-state index in [1.807, 2.05) is 68.6 Å². The van der Waals surface area contributed by atoms with E-state index in [4.69, 9.17) is 16.3 Å². The Balaban J connectivity index is 1.86. The molecule has 2 aromatic heterocycles. The highest BCUT2D eigenvalue weighted by atomic mass is 35.5. The summed E-state index contributed by atoms with van der Waals surface area (Å²) in [6.07, 6.45) is 3.60. The first-order valence-electron chi connectivity index (χ1n) is 9.66. The van der Waals surface area contributed by atoms with Crippen LogP contribution in [0.5, 0.6) is 0 Å². The van der Waals surface area contributed by atoms with Crippen LogP contribution in [0.2, 0.25) is 5.02 Å². The van der Waals surface area contributed by atoms with Crippen molar-refractivity contribution in [1.29, 1.82) is 0 Å². The second-order valence-corrected chi connectivity index (χ2v) is 8.41. The molecule has 0 fully saturated rings. The molecule has 0 unspecified atom stereocenters. The van der Waals surface area contributed by atoms with Gasteiger partial charge in [-0.25, -0.2) is 4.79 Å². The van der Waals surface area contributed by atoms with E-state index in [1.54, 1.807) is 18.0 Å². The summed E-state index contributed by atoms with van der Waals surface area (Å²) >= 11 is 7.97. The van der Waals surface area contributed by atoms with Gasteiger partial charge >= 0.3 is 5.97 Å². The monoisotopic (exact) mass is 436 g/mol. The number of pyridine rings is 1. The van der Waals surface area contributed by atoms with Crippen LogP contribution in [-0.2, 0) is 4.74 Å². The van der Waals surface area contributed by atoms with Gasteiger partial charge in [0.2, 0.25) is 0 Å². The summed E-state index contributed by atoms with van der Waals surface area (Å²) in [4.78, 5) is 18.6. The minimum absolute atomic E-state index is 0.305. The number of ether oxygens (including phenoxy) is 1. The Morgan fingerprint density at radius 2 is 2.00 bits per heavy atom. The molecule has 0 amide bonds. The molecular weight excluding hydrogens is 416 g/mol. The van der Waals surface area contributed by atoms with Gasteiger partial charge in [-0.2, -0.15) is 0 Å². The van der Waals surface area contributed by atoms with Crippen molar-refractivity contribution in [2.75, 3.05) is 6.61 Å². The van der Waals surface area contributed by atoms with Gasteiger partial charge in [-0.3, -0.25) is 4.98 Å². The van der Waals surface area contributed by atoms with Crippen LogP contribution in [0.1, 0.15) is 28.5 Å². The fourth-order valence-electron chi connectivity index (χ4n) is 3.47. The van der Waals surface area contributed by atoms with Gasteiger partial charge in [-0.05, 0) is 62.7 Å². The molecular formula is C24H21ClN2O2S. The topological polar surface area (TPSA) is 44.1 Å². The molecule has 4 rings (SSSR count). The van der Waals surface area contributed by atoms with Crippen molar-refractivity contribution in [1.82, 2.24) is 9.55 Å². The molecule has 0 radical (unpaired) electrons. The Labute approximate surface area is 184 Å². The van der Waals surface area contributed by atoms with E-state index < -0.39 is 0 Å². The minimum Gasteiger partial charge on any atom is -0.462 e. The van der Waals surface area contributed by atoms with Gasteiger partial charge in [0, 0.05) is 32.1 Å². The molecule has 0 bridgehead atoms. The quantitative estimate of drug-likeness (QED) is 0.329. The van der Waals surface area contributed by atoms with E-state index in [1.165, 1.54) is 0 Å². The van der Waals surface area contributed by atoms with E-state index in [0.717, 1.165) is 37.6 Å². The van der Waals surface area contributed by atoms with Crippen molar-refractivity contribution in [3.63, 3.8) is 0 Å². The van der Waals surface area contributed by atoms with Gasteiger partial charge in [-0.15, -0.1) is 0 Å². The lowest BCUT2D eigenvalue weighted by Crippen LogP contribution is -2.04. The molecule has 152 valence electrons. The molecule has 2 aromatic carbocycles. The van der Waals surface area contributed by atoms with Crippen molar-refractivity contribution < 1.29 is 9.53 Å². The summed E-state index contributed by atoms with van der Waals surface area (Å²) in [5, 5.41) is 1.79. The van der Waals surface area contributed by atoms with E-state index in [2.05, 4.69) is 16.5 Å². The first-order valence-corrected chi connectivity index (χ1v) is 10.9. The molecule has 0 saturated carbocycles. The highest BCUT2D eigenvalue weighted by Gasteiger charge is 2.18. The maximum atomic E-state index is 12.2. The third-order valence-corrected chi connectivity index (χ3v) is 6.54. The third kappa shape index (κ3) is 3.83. The number of carbonyl (C=O) groups excluding carboxylic acids is 1. The number of benzene rings is 2. The molecule has 0 saturated heterocycles. The molecule has 0 N–H and O–H groups in total. The molecule has 0 aliphatic carbocycles. The average molecular weight is 437 g/mol. The Kier molecular flexibility index (Phi) is 5.84. The number of rotatable bonds is 5. The van der Waals surface area contributed by atoms with Gasteiger partial charge in [0.1, 0.15) is 0 Å². The first kappa shape index (κ1) is 20.5. The SMILES string of the molecule is CCOC(=O)c1ccc(C)c(Sc2c(C)n(-c3cccnc3)c3cc(Cl)ccc23)c1. The van der Waals surface area contributed by atoms with Crippen LogP contribution in [0.15, 0.2) is 70.7 Å². The average Bonchev–Trinajstić information content (AvgIpc) is 3.01. The molecule has 4 aromatic rings. The van der Waals surface area contributed by atoms with Gasteiger partial charge in [0.25, 0.3) is 0 Å². The first-order chi connectivity index (χ1) is 14.5. The Morgan fingerprint density at radius 3 is 2.73 bits per heavy atom. The number of halogens is 1. The Hall–Kier alpha value is -2.76. The number of esters is 1. The van der Waals surface area contributed by atoms with E-state index >= 15 is 0 Å². The van der Waals surface area contributed by atoms with E-state index in [9.17, 15) is 4.79 Å². The normalized spacial score (nSPS) is 11.1. The van der Waals surface area contributed by atoms with Gasteiger partial charge in [0.05, 0.1) is 29.6 Å². The van der Waals surface area contributed by atoms with Gasteiger partial charge in [-0.1, -0.05) is 35.5 Å². The summed E-state index contributed by atoms with van der Waals surface area (Å²) in [6, 6.07) is 15.5. The number of hydrogen-bond acceptors (Lipinski definition) is 4. The highest BCUT2D eigenvalue weighted by Crippen LogP contribution is 2.41. The second kappa shape index (κ2) is 8.54. The van der Waals surface area contributed by atoms with Crippen molar-refractivity contribution in [3.05, 3.63) is 82.8 Å². The minimum atomic E-state index is -0.305. The Morgan fingerprint density at radius 1 is 1.17 bits per heavy atom. The summed E-state index contributed by atoms with van der Waals surface area (Å²) < 4.78 is 7.34. The highest BCUT2D eigenvalue weighted by molar-refractivity contribution is 7.99. The molecule has 0 spiro atoms. The molecule has 0 aliphatic rings. The van der Waals surface area contributed by atoms with Crippen LogP contribution >= 0.6 is 23.4 Å². The Bertz CT molecular complexity index is 1240. The number of carbonyl (C=O) groups is 1. The van der Waals surface area contributed by atoms with Crippen LogP contribution in [-0.4, -0.2) is 22.1 Å². The zero-order valence-corrected chi connectivity index (χ0v) is 18.6. The number of hydrogen-bond donors (Lipinski definition) is 0. The van der Waals surface area contributed by atoms with E-state index in [-0.39, 0.29) is 5.97 Å². The van der Waals surface area contributed by atoms with Gasteiger partial charge in [0.15, 0.2) is 0 Å². The molecule has 2 heterocycles. The molecule has 6 heteroatoms. The summed E-state index contributed by atoms with van der Waals surface area (Å²) in [7, 11) is 0. The van der Waals surface area contributed by atoms with Crippen LogP contribution < -0.4 is 0 Å². The van der Waals surface area contributed by atoms with Crippen LogP contribution in [0.4, 0.5) is 0 Å². The number of nitrogens with zero attached hydrogens (tertiary/aromatic N) is 2. The number of aryl methyl sites for hydroxylation is 1. The lowest BCUT2D eigenvalue weighted by atomic mass is 10.1. The summed E-state index contributed by atoms with van der Waals surface area (Å²) in [6.45, 7) is 6.30. The lowest BCUT2D eigenvalue weighted by molar-refractivity contribution is 0.0526. The second-order valence-electron chi connectivity index (χ2n) is 6.93. The molecule has 0 atom stereocenters. The lowest BCUT2D eigenvalue weighted by Gasteiger charge is -2.10. The fourth-order valence-corrected chi connectivity index (χ4v) is 4.79. The van der Waals surface area contributed by atoms with Crippen molar-refractivity contribution in [2.24, 2.45) is 0 Å². The molecule has 30 heavy (non-hydrogen) atoms. The third-order valence-electron chi connectivity index (χ3n) is 4.92. The predicted molar refractivity (Wildman–Crippen MR) is 122 cm³/mol. The standard InChI is InChI=1S/C24H21ClN2O2S/c1-4-29-24(28)17-8-7-15(2)22(12-17)30-23-16(3)27(19-6-5-11-26-14-19)21-13-18(25)9-10-20(21)23/h5-14H,4H2,1-3H3. The van der Waals surface area contributed by atoms with Gasteiger partial charge < -0.3 is 9.30 Å². The number of aromatic nitrogens is 2. The van der Waals surface area contributed by atoms with Crippen LogP contribution in [0.25, 0.3) is 16.6 Å². The molecule has 4 nitrogen and oxygen atoms in total. The summed E-state index contributed by atoms with van der Waals surface area (Å²) in [5.41, 5.74) is 4.75.